The summed E-state index contributed by atoms with van der Waals surface area (Å²) in [7, 11) is 4.39. The maximum Gasteiger partial charge on any atom is 0.336 e. The number of carbonyl (C=O) groups excluding carboxylic acids is 1. The predicted molar refractivity (Wildman–Crippen MR) is 133 cm³/mol. The number of nitrogens with zero attached hydrogens (tertiary/aromatic N) is 1. The summed E-state index contributed by atoms with van der Waals surface area (Å²) >= 11 is 0. The van der Waals surface area contributed by atoms with E-state index in [1.165, 1.54) is 31.2 Å². The number of hydrogen-bond acceptors (Lipinski definition) is 6. The van der Waals surface area contributed by atoms with E-state index in [4.69, 9.17) is 20.4 Å². The summed E-state index contributed by atoms with van der Waals surface area (Å²) in [4.78, 5) is 44.7. The number of benzene rings is 1. The second-order valence-electron chi connectivity index (χ2n) is 9.62. The average molecular weight is 509 g/mol. The fraction of sp³-hybridized carbons (Fsp3) is 0.615. The van der Waals surface area contributed by atoms with Crippen LogP contribution in [0.4, 0.5) is 0 Å². The maximum absolute atomic E-state index is 11.8. The predicted octanol–water partition coefficient (Wildman–Crippen LogP) is 2.69. The van der Waals surface area contributed by atoms with E-state index < -0.39 is 36.4 Å². The van der Waals surface area contributed by atoms with E-state index >= 15 is 0 Å². The summed E-state index contributed by atoms with van der Waals surface area (Å²) < 4.78 is 0. The lowest BCUT2D eigenvalue weighted by Gasteiger charge is -2.45. The van der Waals surface area contributed by atoms with Crippen LogP contribution < -0.4 is 5.32 Å². The molecule has 10 nitrogen and oxygen atoms in total. The first-order valence-corrected chi connectivity index (χ1v) is 12.2. The quantitative estimate of drug-likeness (QED) is 0.285. The van der Waals surface area contributed by atoms with Gasteiger partial charge in [-0.15, -0.1) is 0 Å². The molecule has 0 aromatic heterocycles. The molecule has 5 N–H and O–H groups in total. The summed E-state index contributed by atoms with van der Waals surface area (Å²) in [6, 6.07) is 10.9. The summed E-state index contributed by atoms with van der Waals surface area (Å²) in [5.74, 6) is -4.17. The highest BCUT2D eigenvalue weighted by atomic mass is 16.4. The largest absolute Gasteiger partial charge is 0.481 e. The number of aliphatic carboxylic acids is 3. The zero-order valence-corrected chi connectivity index (χ0v) is 21.4. The molecule has 10 heteroatoms. The molecule has 1 fully saturated rings. The number of rotatable bonds is 12. The summed E-state index contributed by atoms with van der Waals surface area (Å²) in [5.41, 5.74) is -1.16. The van der Waals surface area contributed by atoms with Crippen LogP contribution in [-0.4, -0.2) is 75.4 Å². The number of unbranched alkanes of at least 4 members (excludes halogenated alkanes) is 1. The Morgan fingerprint density at radius 1 is 1.00 bits per heavy atom. The Bertz CT molecular complexity index is 848. The van der Waals surface area contributed by atoms with E-state index in [0.29, 0.717) is 12.3 Å². The van der Waals surface area contributed by atoms with Gasteiger partial charge < -0.3 is 25.7 Å². The van der Waals surface area contributed by atoms with Crippen LogP contribution in [0.15, 0.2) is 30.3 Å². The van der Waals surface area contributed by atoms with Gasteiger partial charge in [-0.05, 0) is 57.7 Å². The van der Waals surface area contributed by atoms with Gasteiger partial charge >= 0.3 is 17.9 Å². The number of amides is 1. The third kappa shape index (κ3) is 9.58. The molecule has 0 spiro atoms. The summed E-state index contributed by atoms with van der Waals surface area (Å²) in [5, 5.41) is 36.9. The van der Waals surface area contributed by atoms with E-state index in [2.05, 4.69) is 61.6 Å². The Kier molecular flexibility index (Phi) is 12.5. The van der Waals surface area contributed by atoms with Gasteiger partial charge in [-0.1, -0.05) is 43.7 Å². The Morgan fingerprint density at radius 3 is 1.94 bits per heavy atom. The van der Waals surface area contributed by atoms with Crippen LogP contribution in [0, 0.1) is 5.92 Å². The first kappa shape index (κ1) is 31.1. The van der Waals surface area contributed by atoms with Gasteiger partial charge in [0.15, 0.2) is 5.60 Å². The molecule has 1 aliphatic carbocycles. The average Bonchev–Trinajstić information content (AvgIpc) is 2.81. The number of hydrogen-bond donors (Lipinski definition) is 5. The molecule has 1 aromatic carbocycles. The van der Waals surface area contributed by atoms with Crippen LogP contribution in [0.3, 0.4) is 0 Å². The van der Waals surface area contributed by atoms with Gasteiger partial charge in [-0.3, -0.25) is 19.3 Å². The van der Waals surface area contributed by atoms with Crippen LogP contribution in [0.5, 0.6) is 0 Å². The molecule has 1 saturated carbocycles. The molecule has 2 rings (SSSR count). The molecule has 0 unspecified atom stereocenters. The molecule has 0 saturated heterocycles. The number of nitrogens with one attached hydrogen (secondary N) is 1. The number of carboxylic acids is 3. The number of aliphatic hydroxyl groups is 1. The molecule has 1 aromatic rings. The topological polar surface area (TPSA) is 164 Å². The minimum Gasteiger partial charge on any atom is -0.481 e. The van der Waals surface area contributed by atoms with Gasteiger partial charge in [0.2, 0.25) is 5.91 Å². The van der Waals surface area contributed by atoms with Crippen molar-refractivity contribution in [1.29, 1.82) is 0 Å². The van der Waals surface area contributed by atoms with Crippen molar-refractivity contribution in [3.8, 4) is 0 Å². The maximum atomic E-state index is 11.8. The molecule has 0 atom stereocenters. The molecular formula is C26H40N2O8. The molecular weight excluding hydrogens is 468 g/mol. The first-order valence-electron chi connectivity index (χ1n) is 12.2. The molecule has 202 valence electrons. The van der Waals surface area contributed by atoms with E-state index in [0.717, 1.165) is 19.4 Å². The van der Waals surface area contributed by atoms with Crippen LogP contribution in [0.25, 0.3) is 0 Å². The van der Waals surface area contributed by atoms with E-state index in [-0.39, 0.29) is 11.4 Å². The highest BCUT2D eigenvalue weighted by Gasteiger charge is 2.41. The van der Waals surface area contributed by atoms with Crippen molar-refractivity contribution in [3.05, 3.63) is 35.9 Å². The lowest BCUT2D eigenvalue weighted by Crippen LogP contribution is -2.45. The fourth-order valence-corrected chi connectivity index (χ4v) is 4.50. The van der Waals surface area contributed by atoms with Crippen molar-refractivity contribution in [2.75, 3.05) is 20.6 Å². The van der Waals surface area contributed by atoms with Crippen molar-refractivity contribution in [2.45, 2.75) is 75.9 Å². The van der Waals surface area contributed by atoms with Gasteiger partial charge in [0.1, 0.15) is 0 Å². The second kappa shape index (κ2) is 14.5. The zero-order chi connectivity index (χ0) is 27.4. The molecule has 1 aliphatic rings. The third-order valence-corrected chi connectivity index (χ3v) is 6.73. The van der Waals surface area contributed by atoms with Crippen molar-refractivity contribution in [1.82, 2.24) is 10.2 Å². The van der Waals surface area contributed by atoms with Gasteiger partial charge in [0.05, 0.1) is 12.8 Å². The van der Waals surface area contributed by atoms with Crippen LogP contribution in [0.2, 0.25) is 0 Å². The lowest BCUT2D eigenvalue weighted by molar-refractivity contribution is -0.170. The van der Waals surface area contributed by atoms with Crippen molar-refractivity contribution in [3.63, 3.8) is 0 Å². The monoisotopic (exact) mass is 508 g/mol. The summed E-state index contributed by atoms with van der Waals surface area (Å²) in [6.45, 7) is 2.97. The van der Waals surface area contributed by atoms with Crippen molar-refractivity contribution in [2.24, 2.45) is 5.92 Å². The van der Waals surface area contributed by atoms with Gasteiger partial charge in [-0.25, -0.2) is 4.79 Å². The highest BCUT2D eigenvalue weighted by Crippen LogP contribution is 2.42. The van der Waals surface area contributed by atoms with Gasteiger partial charge in [0.25, 0.3) is 0 Å². The van der Waals surface area contributed by atoms with E-state index in [9.17, 15) is 19.2 Å². The molecule has 1 amide bonds. The zero-order valence-electron chi connectivity index (χ0n) is 21.4. The van der Waals surface area contributed by atoms with Crippen LogP contribution in [0.1, 0.15) is 70.3 Å². The van der Waals surface area contributed by atoms with Crippen LogP contribution >= 0.6 is 0 Å². The lowest BCUT2D eigenvalue weighted by atomic mass is 9.72. The molecule has 0 aliphatic heterocycles. The Hall–Kier alpha value is -2.98. The first-order chi connectivity index (χ1) is 16.9. The van der Waals surface area contributed by atoms with Gasteiger partial charge in [-0.2, -0.15) is 0 Å². The fourth-order valence-electron chi connectivity index (χ4n) is 4.50. The normalized spacial score (nSPS) is 19.6. The van der Waals surface area contributed by atoms with Gasteiger partial charge in [0, 0.05) is 18.5 Å². The highest BCUT2D eigenvalue weighted by molar-refractivity contribution is 5.88. The molecule has 0 bridgehead atoms. The molecule has 36 heavy (non-hydrogen) atoms. The number of carbonyl (C=O) groups is 4. The SMILES string of the molecule is CCCCC(=O)NCC1CCC(c2ccccc2)(N(C)C)CC1.O=C(O)CC(O)(CC(=O)O)C(=O)O. The van der Waals surface area contributed by atoms with Crippen molar-refractivity contribution >= 4 is 23.8 Å². The Balaban J connectivity index is 0.000000426. The Morgan fingerprint density at radius 2 is 1.53 bits per heavy atom. The molecule has 0 radical (unpaired) electrons. The number of carboxylic acid groups (broad SMARTS) is 3. The summed E-state index contributed by atoms with van der Waals surface area (Å²) in [6.07, 6.45) is 5.16. The van der Waals surface area contributed by atoms with E-state index in [1.54, 1.807) is 0 Å². The minimum absolute atomic E-state index is 0.157. The standard InChI is InChI=1S/C20H32N2O.C6H8O7/c1-4-5-11-19(23)21-16-17-12-14-20(15-13-17,22(2)3)18-9-7-6-8-10-18;7-3(8)1-6(13,5(11)12)2-4(9)10/h6-10,17H,4-5,11-16H2,1-3H3,(H,21,23);13H,1-2H2,(H,7,8)(H,9,10)(H,11,12). The smallest absolute Gasteiger partial charge is 0.336 e. The molecule has 0 heterocycles. The minimum atomic E-state index is -2.74. The third-order valence-electron chi connectivity index (χ3n) is 6.73. The second-order valence-corrected chi connectivity index (χ2v) is 9.62. The van der Waals surface area contributed by atoms with E-state index in [1.807, 2.05) is 0 Å². The van der Waals surface area contributed by atoms with Crippen molar-refractivity contribution < 1.29 is 39.6 Å². The van der Waals surface area contributed by atoms with Crippen LogP contribution in [-0.2, 0) is 24.7 Å². The Labute approximate surface area is 212 Å².